The van der Waals surface area contributed by atoms with Crippen molar-refractivity contribution < 1.29 is 8.89 Å². The summed E-state index contributed by atoms with van der Waals surface area (Å²) in [5.74, 6) is 0. The van der Waals surface area contributed by atoms with E-state index in [1.807, 2.05) is 0 Å². The van der Waals surface area contributed by atoms with Gasteiger partial charge in [-0.25, -0.2) is 0 Å². The van der Waals surface area contributed by atoms with Crippen LogP contribution >= 0.6 is 0 Å². The Hall–Kier alpha value is -0.683. The van der Waals surface area contributed by atoms with Gasteiger partial charge in [0.2, 0.25) is 0 Å². The molecule has 0 amide bonds. The molecule has 0 saturated carbocycles. The topological polar surface area (TPSA) is 12.5 Å². The van der Waals surface area contributed by atoms with Crippen molar-refractivity contribution in [1.29, 1.82) is 0 Å². The molecule has 0 aliphatic heterocycles. The normalized spacial score (nSPS) is 12.8. The zero-order valence-corrected chi connectivity index (χ0v) is 12.9. The summed E-state index contributed by atoms with van der Waals surface area (Å²) in [6, 6.07) is 10.6. The highest BCUT2D eigenvalue weighted by atomic mass is 28.2. The number of quaternary nitrogens is 1. The molecule has 1 aromatic rings. The van der Waals surface area contributed by atoms with E-state index >= 15 is 0 Å². The maximum absolute atomic E-state index is 5.28. The zero-order valence-electron chi connectivity index (χ0n) is 11.5. The predicted molar refractivity (Wildman–Crippen MR) is 75.3 cm³/mol. The Labute approximate surface area is 107 Å². The summed E-state index contributed by atoms with van der Waals surface area (Å²) in [4.78, 5) is 2.39. The van der Waals surface area contributed by atoms with Gasteiger partial charge in [0.1, 0.15) is 0 Å². The molecule has 17 heavy (non-hydrogen) atoms. The molecule has 0 bridgehead atoms. The third-order valence-electron chi connectivity index (χ3n) is 2.65. The minimum Gasteiger partial charge on any atom is -0.395 e. The van der Waals surface area contributed by atoms with Gasteiger partial charge in [-0.05, 0) is 5.56 Å². The molecule has 0 aliphatic rings. The number of ether oxygens (including phenoxy) is 1. The fourth-order valence-corrected chi connectivity index (χ4v) is 2.82. The molecule has 0 fully saturated rings. The van der Waals surface area contributed by atoms with Crippen LogP contribution in [-0.2, 0) is 11.3 Å². The Morgan fingerprint density at radius 2 is 1.82 bits per heavy atom. The predicted octanol–water partition coefficient (Wildman–Crippen LogP) is 0.840. The lowest BCUT2D eigenvalue weighted by Crippen LogP contribution is -2.45. The van der Waals surface area contributed by atoms with Crippen LogP contribution in [-0.4, -0.2) is 59.9 Å². The quantitative estimate of drug-likeness (QED) is 0.527. The van der Waals surface area contributed by atoms with E-state index in [1.165, 1.54) is 11.7 Å². The number of hydrogen-bond acceptors (Lipinski definition) is 2. The van der Waals surface area contributed by atoms with Gasteiger partial charge in [-0.1, -0.05) is 30.3 Å². The van der Waals surface area contributed by atoms with Gasteiger partial charge < -0.3 is 8.89 Å². The molecule has 0 aliphatic carbocycles. The number of rotatable bonds is 7. The second-order valence-electron chi connectivity index (χ2n) is 5.47. The van der Waals surface area contributed by atoms with Gasteiger partial charge in [0.05, 0.1) is 27.9 Å². The van der Waals surface area contributed by atoms with Crippen molar-refractivity contribution in [3.8, 4) is 0 Å². The molecule has 96 valence electrons. The van der Waals surface area contributed by atoms with Crippen LogP contribution < -0.4 is 0 Å². The zero-order chi connectivity index (χ0) is 12.7. The van der Waals surface area contributed by atoms with Gasteiger partial charge in [0.25, 0.3) is 9.68 Å². The molecular weight excluding hydrogens is 228 g/mol. The second-order valence-corrected chi connectivity index (χ2v) is 8.26. The summed E-state index contributed by atoms with van der Waals surface area (Å²) < 4.78 is 6.40. The van der Waals surface area contributed by atoms with Gasteiger partial charge in [-0.2, -0.15) is 0 Å². The lowest BCUT2D eigenvalue weighted by Gasteiger charge is -2.28. The van der Waals surface area contributed by atoms with Gasteiger partial charge in [-0.15, -0.1) is 0 Å². The fraction of sp³-hybridized carbons (Fsp3) is 0.538. The van der Waals surface area contributed by atoms with Crippen molar-refractivity contribution in [2.45, 2.75) is 6.54 Å². The first-order chi connectivity index (χ1) is 8.01. The van der Waals surface area contributed by atoms with Crippen LogP contribution in [0.4, 0.5) is 0 Å². The first kappa shape index (κ1) is 14.4. The Kier molecular flexibility index (Phi) is 5.84. The number of methoxy groups -OCH3 is 1. The Balaban J connectivity index is 2.49. The first-order valence-corrected chi connectivity index (χ1v) is 7.70. The molecule has 1 rings (SSSR count). The van der Waals surface area contributed by atoms with E-state index in [9.17, 15) is 0 Å². The van der Waals surface area contributed by atoms with E-state index in [4.69, 9.17) is 4.74 Å². The maximum Gasteiger partial charge on any atom is 0.268 e. The molecule has 0 saturated heterocycles. The van der Waals surface area contributed by atoms with Crippen molar-refractivity contribution in [2.75, 3.05) is 41.2 Å². The molecule has 0 radical (unpaired) electrons. The molecule has 1 aromatic carbocycles. The summed E-state index contributed by atoms with van der Waals surface area (Å²) in [6.45, 7) is 1.71. The summed E-state index contributed by atoms with van der Waals surface area (Å²) in [7, 11) is 8.45. The Morgan fingerprint density at radius 1 is 1.18 bits per heavy atom. The van der Waals surface area contributed by atoms with Crippen molar-refractivity contribution in [3.05, 3.63) is 35.9 Å². The molecular formula is C13H25N2OSi+. The maximum atomic E-state index is 5.28. The minimum atomic E-state index is -0.151. The number of nitrogens with zero attached hydrogens (tertiary/aromatic N) is 2. The second kappa shape index (κ2) is 6.91. The van der Waals surface area contributed by atoms with Crippen LogP contribution in [0.1, 0.15) is 5.56 Å². The van der Waals surface area contributed by atoms with Gasteiger partial charge in [-0.3, -0.25) is 4.90 Å². The van der Waals surface area contributed by atoms with Crippen molar-refractivity contribution in [1.82, 2.24) is 4.90 Å². The van der Waals surface area contributed by atoms with E-state index in [0.29, 0.717) is 0 Å². The molecule has 4 heteroatoms. The largest absolute Gasteiger partial charge is 0.395 e. The number of benzene rings is 1. The standard InChI is InChI=1S/C13H25N2OSi/c1-15(2,3)17-12-14(11-16-4)10-13-8-6-5-7-9-13/h5-9H,10-12,17H2,1-4H3/q+1. The van der Waals surface area contributed by atoms with Crippen LogP contribution in [0.2, 0.25) is 0 Å². The highest BCUT2D eigenvalue weighted by Crippen LogP contribution is 2.04. The minimum absolute atomic E-state index is 0.151. The third-order valence-corrected chi connectivity index (χ3v) is 4.82. The van der Waals surface area contributed by atoms with E-state index in [1.54, 1.807) is 7.11 Å². The summed E-state index contributed by atoms with van der Waals surface area (Å²) in [5.41, 5.74) is 1.36. The van der Waals surface area contributed by atoms with Crippen molar-refractivity contribution >= 4 is 9.68 Å². The molecule has 0 aromatic heterocycles. The van der Waals surface area contributed by atoms with Crippen LogP contribution in [0, 0.1) is 0 Å². The van der Waals surface area contributed by atoms with E-state index in [0.717, 1.165) is 17.4 Å². The lowest BCUT2D eigenvalue weighted by atomic mass is 10.2. The highest BCUT2D eigenvalue weighted by Gasteiger charge is 2.13. The van der Waals surface area contributed by atoms with Crippen LogP contribution in [0.5, 0.6) is 0 Å². The molecule has 0 unspecified atom stereocenters. The Bertz CT molecular complexity index is 311. The average Bonchev–Trinajstić information content (AvgIpc) is 2.27. The van der Waals surface area contributed by atoms with Gasteiger partial charge in [0, 0.05) is 19.8 Å². The Morgan fingerprint density at radius 3 is 2.35 bits per heavy atom. The smallest absolute Gasteiger partial charge is 0.268 e. The van der Waals surface area contributed by atoms with E-state index in [-0.39, 0.29) is 9.68 Å². The SMILES string of the molecule is COCN(C[SiH2][N+](C)(C)C)Cc1ccccc1. The monoisotopic (exact) mass is 253 g/mol. The average molecular weight is 253 g/mol. The summed E-state index contributed by atoms with van der Waals surface area (Å²) >= 11 is 0. The fourth-order valence-electron chi connectivity index (χ4n) is 1.65. The van der Waals surface area contributed by atoms with Gasteiger partial charge in [0.15, 0.2) is 0 Å². The first-order valence-electron chi connectivity index (χ1n) is 6.07. The van der Waals surface area contributed by atoms with Crippen LogP contribution in [0.3, 0.4) is 0 Å². The highest BCUT2D eigenvalue weighted by molar-refractivity contribution is 6.26. The summed E-state index contributed by atoms with van der Waals surface area (Å²) in [6.07, 6.45) is 1.19. The molecule has 0 atom stereocenters. The third kappa shape index (κ3) is 6.58. The lowest BCUT2D eigenvalue weighted by molar-refractivity contribution is -0.756. The molecule has 0 spiro atoms. The van der Waals surface area contributed by atoms with Gasteiger partial charge >= 0.3 is 0 Å². The summed E-state index contributed by atoms with van der Waals surface area (Å²) in [5, 5.41) is 0. The van der Waals surface area contributed by atoms with Crippen LogP contribution in [0.15, 0.2) is 30.3 Å². The van der Waals surface area contributed by atoms with Crippen molar-refractivity contribution in [3.63, 3.8) is 0 Å². The molecule has 3 nitrogen and oxygen atoms in total. The van der Waals surface area contributed by atoms with Crippen LogP contribution in [0.25, 0.3) is 0 Å². The van der Waals surface area contributed by atoms with E-state index < -0.39 is 0 Å². The van der Waals surface area contributed by atoms with Crippen molar-refractivity contribution in [2.24, 2.45) is 0 Å². The molecule has 0 heterocycles. The molecule has 0 N–H and O–H groups in total. The van der Waals surface area contributed by atoms with E-state index in [2.05, 4.69) is 56.4 Å². The number of hydrogen-bond donors (Lipinski definition) is 0.